The standard InChI is InChI=1S/C9H16N2O2/c1-3-7(2)11-4-5-13-8(6-11)9(10)12/h3,7-8H,1,4-6H2,2H3,(H2,10,12). The minimum atomic E-state index is -0.462. The maximum atomic E-state index is 10.9. The van der Waals surface area contributed by atoms with Crippen molar-refractivity contribution in [3.63, 3.8) is 0 Å². The van der Waals surface area contributed by atoms with Crippen LogP contribution in [0.25, 0.3) is 0 Å². The lowest BCUT2D eigenvalue weighted by Gasteiger charge is -2.34. The van der Waals surface area contributed by atoms with E-state index in [1.807, 2.05) is 13.0 Å². The van der Waals surface area contributed by atoms with Crippen LogP contribution in [-0.2, 0) is 9.53 Å². The summed E-state index contributed by atoms with van der Waals surface area (Å²) < 4.78 is 5.21. The first kappa shape index (κ1) is 10.2. The van der Waals surface area contributed by atoms with Gasteiger partial charge in [0.2, 0.25) is 5.91 Å². The number of morpholine rings is 1. The van der Waals surface area contributed by atoms with Crippen molar-refractivity contribution in [3.8, 4) is 0 Å². The molecule has 1 rings (SSSR count). The lowest BCUT2D eigenvalue weighted by Crippen LogP contribution is -2.50. The Bertz CT molecular complexity index is 206. The van der Waals surface area contributed by atoms with Crippen molar-refractivity contribution in [2.24, 2.45) is 5.73 Å². The molecule has 13 heavy (non-hydrogen) atoms. The van der Waals surface area contributed by atoms with Gasteiger partial charge in [0.25, 0.3) is 0 Å². The van der Waals surface area contributed by atoms with Crippen LogP contribution >= 0.6 is 0 Å². The molecule has 1 aliphatic heterocycles. The molecule has 0 spiro atoms. The molecule has 2 unspecified atom stereocenters. The van der Waals surface area contributed by atoms with Gasteiger partial charge in [-0.15, -0.1) is 6.58 Å². The van der Waals surface area contributed by atoms with Gasteiger partial charge in [-0.25, -0.2) is 0 Å². The second-order valence-electron chi connectivity index (χ2n) is 3.23. The number of nitrogens with zero attached hydrogens (tertiary/aromatic N) is 1. The van der Waals surface area contributed by atoms with Gasteiger partial charge in [0.1, 0.15) is 6.10 Å². The Labute approximate surface area is 78.3 Å². The van der Waals surface area contributed by atoms with Crippen LogP contribution in [-0.4, -0.2) is 42.6 Å². The van der Waals surface area contributed by atoms with Gasteiger partial charge >= 0.3 is 0 Å². The zero-order valence-corrected chi connectivity index (χ0v) is 7.90. The Morgan fingerprint density at radius 3 is 3.08 bits per heavy atom. The summed E-state index contributed by atoms with van der Waals surface area (Å²) in [6.45, 7) is 7.71. The van der Waals surface area contributed by atoms with Gasteiger partial charge < -0.3 is 10.5 Å². The predicted molar refractivity (Wildman–Crippen MR) is 50.2 cm³/mol. The Morgan fingerprint density at radius 2 is 2.54 bits per heavy atom. The van der Waals surface area contributed by atoms with Crippen molar-refractivity contribution in [2.75, 3.05) is 19.7 Å². The van der Waals surface area contributed by atoms with Crippen LogP contribution < -0.4 is 5.73 Å². The highest BCUT2D eigenvalue weighted by Gasteiger charge is 2.26. The lowest BCUT2D eigenvalue weighted by atomic mass is 10.2. The van der Waals surface area contributed by atoms with E-state index in [9.17, 15) is 4.79 Å². The van der Waals surface area contributed by atoms with E-state index in [0.717, 1.165) is 6.54 Å². The third-order valence-corrected chi connectivity index (χ3v) is 2.33. The van der Waals surface area contributed by atoms with E-state index in [-0.39, 0.29) is 11.9 Å². The number of carbonyl (C=O) groups is 1. The number of hydrogen-bond acceptors (Lipinski definition) is 3. The highest BCUT2D eigenvalue weighted by Crippen LogP contribution is 2.08. The molecular weight excluding hydrogens is 168 g/mol. The van der Waals surface area contributed by atoms with Crippen LogP contribution in [0.15, 0.2) is 12.7 Å². The number of nitrogens with two attached hydrogens (primary N) is 1. The van der Waals surface area contributed by atoms with E-state index in [0.29, 0.717) is 13.2 Å². The van der Waals surface area contributed by atoms with Crippen LogP contribution in [0.1, 0.15) is 6.92 Å². The van der Waals surface area contributed by atoms with E-state index >= 15 is 0 Å². The summed E-state index contributed by atoms with van der Waals surface area (Å²) in [7, 11) is 0. The van der Waals surface area contributed by atoms with Gasteiger partial charge in [0.05, 0.1) is 6.61 Å². The first-order valence-corrected chi connectivity index (χ1v) is 4.42. The van der Waals surface area contributed by atoms with Crippen molar-refractivity contribution in [1.82, 2.24) is 4.90 Å². The predicted octanol–water partition coefficient (Wildman–Crippen LogP) is -0.253. The topological polar surface area (TPSA) is 55.6 Å². The third-order valence-electron chi connectivity index (χ3n) is 2.33. The Kier molecular flexibility index (Phi) is 3.45. The molecular formula is C9H16N2O2. The summed E-state index contributed by atoms with van der Waals surface area (Å²) in [5, 5.41) is 0. The van der Waals surface area contributed by atoms with Gasteiger partial charge in [-0.05, 0) is 6.92 Å². The second-order valence-corrected chi connectivity index (χ2v) is 3.23. The fourth-order valence-electron chi connectivity index (χ4n) is 1.36. The van der Waals surface area contributed by atoms with Crippen LogP contribution in [0, 0.1) is 0 Å². The SMILES string of the molecule is C=CC(C)N1CCOC(C(N)=O)C1. The summed E-state index contributed by atoms with van der Waals surface area (Å²) in [4.78, 5) is 13.0. The molecule has 2 N–H and O–H groups in total. The molecule has 0 radical (unpaired) electrons. The van der Waals surface area contributed by atoms with E-state index < -0.39 is 6.10 Å². The van der Waals surface area contributed by atoms with Crippen molar-refractivity contribution >= 4 is 5.91 Å². The summed E-state index contributed by atoms with van der Waals surface area (Å²) in [6.07, 6.45) is 1.39. The number of primary amides is 1. The minimum absolute atomic E-state index is 0.269. The molecule has 0 aromatic rings. The zero-order chi connectivity index (χ0) is 9.84. The number of carbonyl (C=O) groups excluding carboxylic acids is 1. The second kappa shape index (κ2) is 4.39. The summed E-state index contributed by atoms with van der Waals surface area (Å²) in [5.74, 6) is -0.388. The third kappa shape index (κ3) is 2.54. The summed E-state index contributed by atoms with van der Waals surface area (Å²) in [5.41, 5.74) is 5.15. The fraction of sp³-hybridized carbons (Fsp3) is 0.667. The molecule has 0 aliphatic carbocycles. The maximum absolute atomic E-state index is 10.9. The molecule has 4 heteroatoms. The van der Waals surface area contributed by atoms with Crippen LogP contribution in [0.2, 0.25) is 0 Å². The maximum Gasteiger partial charge on any atom is 0.247 e. The van der Waals surface area contributed by atoms with E-state index in [4.69, 9.17) is 10.5 Å². The monoisotopic (exact) mass is 184 g/mol. The summed E-state index contributed by atoms with van der Waals surface area (Å²) >= 11 is 0. The van der Waals surface area contributed by atoms with Crippen LogP contribution in [0.4, 0.5) is 0 Å². The largest absolute Gasteiger partial charge is 0.367 e. The average Bonchev–Trinajstić information content (AvgIpc) is 2.17. The number of amides is 1. The van der Waals surface area contributed by atoms with Gasteiger partial charge in [-0.2, -0.15) is 0 Å². The molecule has 0 aromatic carbocycles. The molecule has 1 fully saturated rings. The average molecular weight is 184 g/mol. The molecule has 0 bridgehead atoms. The highest BCUT2D eigenvalue weighted by molar-refractivity contribution is 5.79. The Morgan fingerprint density at radius 1 is 1.85 bits per heavy atom. The van der Waals surface area contributed by atoms with Crippen molar-refractivity contribution < 1.29 is 9.53 Å². The number of rotatable bonds is 3. The van der Waals surface area contributed by atoms with Crippen molar-refractivity contribution in [2.45, 2.75) is 19.1 Å². The Hall–Kier alpha value is -0.870. The van der Waals surface area contributed by atoms with E-state index in [1.165, 1.54) is 0 Å². The number of hydrogen-bond donors (Lipinski definition) is 1. The minimum Gasteiger partial charge on any atom is -0.367 e. The molecule has 0 aromatic heterocycles. The van der Waals surface area contributed by atoms with Crippen molar-refractivity contribution in [3.05, 3.63) is 12.7 Å². The highest BCUT2D eigenvalue weighted by atomic mass is 16.5. The Balaban J connectivity index is 2.50. The molecule has 4 nitrogen and oxygen atoms in total. The first-order chi connectivity index (χ1) is 6.15. The van der Waals surface area contributed by atoms with Gasteiger partial charge in [-0.1, -0.05) is 6.08 Å². The molecule has 1 saturated heterocycles. The number of ether oxygens (including phenoxy) is 1. The van der Waals surface area contributed by atoms with E-state index in [1.54, 1.807) is 0 Å². The van der Waals surface area contributed by atoms with Crippen molar-refractivity contribution in [1.29, 1.82) is 0 Å². The molecule has 2 atom stereocenters. The normalized spacial score (nSPS) is 26.7. The smallest absolute Gasteiger partial charge is 0.247 e. The molecule has 1 heterocycles. The van der Waals surface area contributed by atoms with Gasteiger partial charge in [-0.3, -0.25) is 9.69 Å². The van der Waals surface area contributed by atoms with Gasteiger partial charge in [0, 0.05) is 19.1 Å². The van der Waals surface area contributed by atoms with E-state index in [2.05, 4.69) is 11.5 Å². The summed E-state index contributed by atoms with van der Waals surface area (Å²) in [6, 6.07) is 0.269. The molecule has 1 aliphatic rings. The quantitative estimate of drug-likeness (QED) is 0.615. The van der Waals surface area contributed by atoms with Crippen LogP contribution in [0.5, 0.6) is 0 Å². The molecule has 74 valence electrons. The lowest BCUT2D eigenvalue weighted by molar-refractivity contribution is -0.135. The molecule has 0 saturated carbocycles. The fourth-order valence-corrected chi connectivity index (χ4v) is 1.36. The van der Waals surface area contributed by atoms with Crippen LogP contribution in [0.3, 0.4) is 0 Å². The first-order valence-electron chi connectivity index (χ1n) is 4.42. The van der Waals surface area contributed by atoms with Gasteiger partial charge in [0.15, 0.2) is 0 Å². The zero-order valence-electron chi connectivity index (χ0n) is 7.90. The molecule has 1 amide bonds.